The van der Waals surface area contributed by atoms with Gasteiger partial charge in [-0.1, -0.05) is 20.3 Å². The smallest absolute Gasteiger partial charge is 0.0672 e. The van der Waals surface area contributed by atoms with Crippen molar-refractivity contribution in [2.24, 2.45) is 5.92 Å². The summed E-state index contributed by atoms with van der Waals surface area (Å²) in [5.74, 6) is 1.52. The Hall–Kier alpha value is -0.200. The van der Waals surface area contributed by atoms with Gasteiger partial charge in [0.25, 0.3) is 0 Å². The molecule has 0 aromatic carbocycles. The Kier molecular flexibility index (Phi) is 3.81. The van der Waals surface area contributed by atoms with Gasteiger partial charge in [0.1, 0.15) is 0 Å². The Labute approximate surface area is 103 Å². The van der Waals surface area contributed by atoms with E-state index in [0.29, 0.717) is 16.7 Å². The van der Waals surface area contributed by atoms with Gasteiger partial charge in [-0.2, -0.15) is 17.0 Å². The fraction of sp³-hybridized carbons (Fsp3) is 0.923. The summed E-state index contributed by atoms with van der Waals surface area (Å²) in [7, 11) is 0. The van der Waals surface area contributed by atoms with Gasteiger partial charge in [0.15, 0.2) is 0 Å². The predicted octanol–water partition coefficient (Wildman–Crippen LogP) is 2.90. The number of rotatable bonds is 1. The van der Waals surface area contributed by atoms with Crippen LogP contribution in [0.5, 0.6) is 0 Å². The molecule has 16 heavy (non-hydrogen) atoms. The summed E-state index contributed by atoms with van der Waals surface area (Å²) in [5.41, 5.74) is 0. The highest BCUT2D eigenvalue weighted by atomic mass is 32.2. The van der Waals surface area contributed by atoms with Crippen LogP contribution in [0.15, 0.2) is 0 Å². The average molecular weight is 238 g/mol. The molecule has 2 fully saturated rings. The van der Waals surface area contributed by atoms with Crippen molar-refractivity contribution < 1.29 is 0 Å². The van der Waals surface area contributed by atoms with Gasteiger partial charge in [-0.3, -0.25) is 4.90 Å². The molecular weight excluding hydrogens is 216 g/mol. The molecule has 2 aliphatic rings. The molecule has 2 unspecified atom stereocenters. The van der Waals surface area contributed by atoms with Crippen molar-refractivity contribution in [2.45, 2.75) is 50.3 Å². The molecule has 3 heteroatoms. The second kappa shape index (κ2) is 4.98. The van der Waals surface area contributed by atoms with Crippen LogP contribution in [0.25, 0.3) is 0 Å². The molecule has 1 saturated carbocycles. The summed E-state index contributed by atoms with van der Waals surface area (Å²) in [6.45, 7) is 7.05. The first-order chi connectivity index (χ1) is 7.62. The van der Waals surface area contributed by atoms with E-state index in [1.165, 1.54) is 38.1 Å². The number of hydrogen-bond donors (Lipinski definition) is 0. The number of thioether (sulfide) groups is 1. The number of hydrogen-bond acceptors (Lipinski definition) is 3. The number of nitriles is 1. The fourth-order valence-electron chi connectivity index (χ4n) is 2.90. The van der Waals surface area contributed by atoms with Gasteiger partial charge in [-0.05, 0) is 25.8 Å². The summed E-state index contributed by atoms with van der Waals surface area (Å²) in [6.07, 6.45) is 4.86. The third-order valence-electron chi connectivity index (χ3n) is 3.99. The van der Waals surface area contributed by atoms with Crippen LogP contribution in [0.1, 0.15) is 39.5 Å². The molecule has 0 amide bonds. The molecule has 1 aliphatic carbocycles. The lowest BCUT2D eigenvalue weighted by Crippen LogP contribution is -2.39. The Morgan fingerprint density at radius 1 is 1.31 bits per heavy atom. The molecular formula is C13H22N2S. The third-order valence-corrected chi connectivity index (χ3v) is 5.36. The molecule has 0 spiro atoms. The SMILES string of the molecule is CC1(C)CCN(C2CCCC2C#N)CCS1. The van der Waals surface area contributed by atoms with Crippen LogP contribution >= 0.6 is 11.8 Å². The molecule has 2 nitrogen and oxygen atoms in total. The molecule has 0 bridgehead atoms. The molecule has 0 aromatic rings. The molecule has 1 saturated heterocycles. The van der Waals surface area contributed by atoms with E-state index in [1.807, 2.05) is 0 Å². The van der Waals surface area contributed by atoms with Crippen LogP contribution in [-0.2, 0) is 0 Å². The predicted molar refractivity (Wildman–Crippen MR) is 69.5 cm³/mol. The van der Waals surface area contributed by atoms with E-state index in [0.717, 1.165) is 6.42 Å². The zero-order valence-corrected chi connectivity index (χ0v) is 11.2. The average Bonchev–Trinajstić information content (AvgIpc) is 2.63. The summed E-state index contributed by atoms with van der Waals surface area (Å²) in [5, 5.41) is 9.16. The van der Waals surface area contributed by atoms with Gasteiger partial charge < -0.3 is 0 Å². The van der Waals surface area contributed by atoms with Crippen LogP contribution in [0.3, 0.4) is 0 Å². The second-order valence-corrected chi connectivity index (χ2v) is 7.43. The zero-order chi connectivity index (χ0) is 11.6. The maximum atomic E-state index is 9.16. The van der Waals surface area contributed by atoms with E-state index in [9.17, 15) is 0 Å². The van der Waals surface area contributed by atoms with Crippen molar-refractivity contribution in [1.29, 1.82) is 5.26 Å². The first-order valence-electron chi connectivity index (χ1n) is 6.40. The third kappa shape index (κ3) is 2.73. The van der Waals surface area contributed by atoms with Gasteiger partial charge >= 0.3 is 0 Å². The fourth-order valence-corrected chi connectivity index (χ4v) is 4.01. The van der Waals surface area contributed by atoms with Gasteiger partial charge in [0.2, 0.25) is 0 Å². The molecule has 1 heterocycles. The van der Waals surface area contributed by atoms with Crippen molar-refractivity contribution in [1.82, 2.24) is 4.90 Å². The maximum Gasteiger partial charge on any atom is 0.0672 e. The van der Waals surface area contributed by atoms with Crippen LogP contribution in [-0.4, -0.2) is 34.5 Å². The minimum absolute atomic E-state index is 0.297. The van der Waals surface area contributed by atoms with E-state index in [2.05, 4.69) is 36.6 Å². The highest BCUT2D eigenvalue weighted by molar-refractivity contribution is 8.00. The lowest BCUT2D eigenvalue weighted by Gasteiger charge is -2.29. The van der Waals surface area contributed by atoms with Gasteiger partial charge in [-0.25, -0.2) is 0 Å². The highest BCUT2D eigenvalue weighted by Crippen LogP contribution is 2.35. The lowest BCUT2D eigenvalue weighted by molar-refractivity contribution is 0.186. The van der Waals surface area contributed by atoms with E-state index in [4.69, 9.17) is 5.26 Å². The Morgan fingerprint density at radius 2 is 2.12 bits per heavy atom. The van der Waals surface area contributed by atoms with E-state index in [1.54, 1.807) is 0 Å². The van der Waals surface area contributed by atoms with Crippen molar-refractivity contribution in [3.05, 3.63) is 0 Å². The second-order valence-electron chi connectivity index (χ2n) is 5.63. The summed E-state index contributed by atoms with van der Waals surface area (Å²) < 4.78 is 0.426. The van der Waals surface area contributed by atoms with Gasteiger partial charge in [0.05, 0.1) is 12.0 Å². The quantitative estimate of drug-likeness (QED) is 0.703. The molecule has 0 N–H and O–H groups in total. The highest BCUT2D eigenvalue weighted by Gasteiger charge is 2.34. The summed E-state index contributed by atoms with van der Waals surface area (Å²) in [4.78, 5) is 2.59. The minimum atomic E-state index is 0.297. The van der Waals surface area contributed by atoms with Crippen LogP contribution in [0.4, 0.5) is 0 Å². The zero-order valence-electron chi connectivity index (χ0n) is 10.4. The largest absolute Gasteiger partial charge is 0.298 e. The van der Waals surface area contributed by atoms with E-state index >= 15 is 0 Å². The van der Waals surface area contributed by atoms with Crippen LogP contribution in [0, 0.1) is 17.2 Å². The first-order valence-corrected chi connectivity index (χ1v) is 7.38. The molecule has 0 aromatic heterocycles. The Bertz CT molecular complexity index is 282. The van der Waals surface area contributed by atoms with E-state index < -0.39 is 0 Å². The van der Waals surface area contributed by atoms with Gasteiger partial charge in [0, 0.05) is 23.1 Å². The summed E-state index contributed by atoms with van der Waals surface area (Å²) in [6, 6.07) is 3.06. The standard InChI is InChI=1S/C13H22N2S/c1-13(2)6-7-15(8-9-16-13)12-5-3-4-11(12)10-14/h11-12H,3-9H2,1-2H3. The van der Waals surface area contributed by atoms with Crippen molar-refractivity contribution >= 4 is 11.8 Å². The van der Waals surface area contributed by atoms with Crippen molar-refractivity contribution in [3.8, 4) is 6.07 Å². The Balaban J connectivity index is 1.97. The van der Waals surface area contributed by atoms with Gasteiger partial charge in [-0.15, -0.1) is 0 Å². The normalized spacial score (nSPS) is 35.6. The van der Waals surface area contributed by atoms with Crippen LogP contribution < -0.4 is 0 Å². The van der Waals surface area contributed by atoms with Crippen LogP contribution in [0.2, 0.25) is 0 Å². The summed E-state index contributed by atoms with van der Waals surface area (Å²) >= 11 is 2.09. The topological polar surface area (TPSA) is 27.0 Å². The van der Waals surface area contributed by atoms with E-state index in [-0.39, 0.29) is 0 Å². The monoisotopic (exact) mass is 238 g/mol. The molecule has 90 valence electrons. The first kappa shape index (κ1) is 12.3. The van der Waals surface area contributed by atoms with Crippen molar-refractivity contribution in [2.75, 3.05) is 18.8 Å². The maximum absolute atomic E-state index is 9.16. The van der Waals surface area contributed by atoms with Crippen molar-refractivity contribution in [3.63, 3.8) is 0 Å². The minimum Gasteiger partial charge on any atom is -0.298 e. The lowest BCUT2D eigenvalue weighted by atomic mass is 10.0. The molecule has 0 radical (unpaired) electrons. The molecule has 1 aliphatic heterocycles. The molecule has 2 rings (SSSR count). The Morgan fingerprint density at radius 3 is 2.88 bits per heavy atom. The number of nitrogens with zero attached hydrogens (tertiary/aromatic N) is 2. The molecule has 2 atom stereocenters.